The summed E-state index contributed by atoms with van der Waals surface area (Å²) in [5.41, 5.74) is 0.714. The van der Waals surface area contributed by atoms with E-state index in [4.69, 9.17) is 0 Å². The van der Waals surface area contributed by atoms with Crippen LogP contribution in [-0.4, -0.2) is 60.2 Å². The van der Waals surface area contributed by atoms with E-state index in [0.29, 0.717) is 38.4 Å². The summed E-state index contributed by atoms with van der Waals surface area (Å²) < 4.78 is 0. The van der Waals surface area contributed by atoms with Crippen LogP contribution in [0.2, 0.25) is 0 Å². The first-order valence-electron chi connectivity index (χ1n) is 7.46. The minimum absolute atomic E-state index is 0.00195. The van der Waals surface area contributed by atoms with Crippen molar-refractivity contribution in [2.45, 2.75) is 13.8 Å². The molecule has 0 saturated carbocycles. The van der Waals surface area contributed by atoms with Crippen molar-refractivity contribution in [2.75, 3.05) is 37.6 Å². The summed E-state index contributed by atoms with van der Waals surface area (Å²) >= 11 is 0. The van der Waals surface area contributed by atoms with Crippen LogP contribution < -0.4 is 4.90 Å². The average molecular weight is 303 g/mol. The van der Waals surface area contributed by atoms with Crippen LogP contribution in [0.5, 0.6) is 0 Å². The molecule has 0 atom stereocenters. The molecule has 0 unspecified atom stereocenters. The number of para-hydroxylation sites is 1. The van der Waals surface area contributed by atoms with Gasteiger partial charge in [-0.25, -0.2) is 0 Å². The molecule has 1 aromatic rings. The molecule has 1 aliphatic rings. The highest BCUT2D eigenvalue weighted by atomic mass is 16.2. The normalized spacial score (nSPS) is 14.6. The van der Waals surface area contributed by atoms with E-state index in [2.05, 4.69) is 0 Å². The number of likely N-dealkylation sites (N-methyl/N-ethyl adjacent to an activating group) is 1. The number of rotatable bonds is 2. The first-order chi connectivity index (χ1) is 10.5. The third kappa shape index (κ3) is 3.44. The van der Waals surface area contributed by atoms with E-state index in [1.807, 2.05) is 37.3 Å². The van der Waals surface area contributed by atoms with Crippen molar-refractivity contribution in [3.63, 3.8) is 0 Å². The van der Waals surface area contributed by atoms with Gasteiger partial charge >= 0.3 is 11.8 Å². The SMILES string of the molecule is CCN(C(=O)C(=O)N1CCN(C(C)=O)CC1)c1ccccc1. The van der Waals surface area contributed by atoms with Gasteiger partial charge in [0.25, 0.3) is 0 Å². The molecule has 6 heteroatoms. The fraction of sp³-hybridized carbons (Fsp3) is 0.438. The minimum Gasteiger partial charge on any atom is -0.339 e. The molecule has 0 bridgehead atoms. The Morgan fingerprint density at radius 1 is 1.00 bits per heavy atom. The molecule has 1 fully saturated rings. The zero-order valence-corrected chi connectivity index (χ0v) is 13.0. The van der Waals surface area contributed by atoms with E-state index in [1.54, 1.807) is 4.90 Å². The Bertz CT molecular complexity index is 551. The number of piperazine rings is 1. The molecule has 3 amide bonds. The number of carbonyl (C=O) groups is 3. The number of anilines is 1. The van der Waals surface area contributed by atoms with Crippen LogP contribution in [0.3, 0.4) is 0 Å². The Hall–Kier alpha value is -2.37. The monoisotopic (exact) mass is 303 g/mol. The van der Waals surface area contributed by atoms with E-state index in [9.17, 15) is 14.4 Å². The number of amides is 3. The Labute approximate surface area is 130 Å². The zero-order valence-electron chi connectivity index (χ0n) is 13.0. The fourth-order valence-corrected chi connectivity index (χ4v) is 2.53. The molecule has 0 aromatic heterocycles. The summed E-state index contributed by atoms with van der Waals surface area (Å²) in [6.07, 6.45) is 0. The molecule has 6 nitrogen and oxygen atoms in total. The van der Waals surface area contributed by atoms with Gasteiger partial charge in [0.15, 0.2) is 0 Å². The van der Waals surface area contributed by atoms with Crippen LogP contribution in [0.15, 0.2) is 30.3 Å². The Balaban J connectivity index is 2.03. The molecular formula is C16H21N3O3. The van der Waals surface area contributed by atoms with Crippen molar-refractivity contribution in [1.29, 1.82) is 0 Å². The summed E-state index contributed by atoms with van der Waals surface area (Å²) in [6.45, 7) is 5.54. The first kappa shape index (κ1) is 16.0. The highest BCUT2D eigenvalue weighted by Crippen LogP contribution is 2.14. The minimum atomic E-state index is -0.523. The summed E-state index contributed by atoms with van der Waals surface area (Å²) in [4.78, 5) is 40.8. The number of hydrogen-bond acceptors (Lipinski definition) is 3. The molecule has 118 valence electrons. The predicted octanol–water partition coefficient (Wildman–Crippen LogP) is 0.730. The number of benzene rings is 1. The van der Waals surface area contributed by atoms with Crippen molar-refractivity contribution >= 4 is 23.4 Å². The van der Waals surface area contributed by atoms with Gasteiger partial charge in [0.1, 0.15) is 0 Å². The van der Waals surface area contributed by atoms with Gasteiger partial charge in [-0.15, -0.1) is 0 Å². The Morgan fingerprint density at radius 2 is 1.55 bits per heavy atom. The van der Waals surface area contributed by atoms with Crippen molar-refractivity contribution < 1.29 is 14.4 Å². The molecule has 0 N–H and O–H groups in total. The van der Waals surface area contributed by atoms with Crippen molar-refractivity contribution in [3.05, 3.63) is 30.3 Å². The van der Waals surface area contributed by atoms with Gasteiger partial charge in [-0.3, -0.25) is 14.4 Å². The van der Waals surface area contributed by atoms with Crippen LogP contribution in [0.4, 0.5) is 5.69 Å². The molecule has 2 rings (SSSR count). The summed E-state index contributed by atoms with van der Waals surface area (Å²) in [6, 6.07) is 9.15. The van der Waals surface area contributed by atoms with Gasteiger partial charge in [-0.1, -0.05) is 18.2 Å². The van der Waals surface area contributed by atoms with Crippen LogP contribution in [-0.2, 0) is 14.4 Å². The number of nitrogens with zero attached hydrogens (tertiary/aromatic N) is 3. The lowest BCUT2D eigenvalue weighted by molar-refractivity contribution is -0.146. The highest BCUT2D eigenvalue weighted by Gasteiger charge is 2.30. The van der Waals surface area contributed by atoms with Crippen LogP contribution in [0.1, 0.15) is 13.8 Å². The molecule has 0 radical (unpaired) electrons. The average Bonchev–Trinajstić information content (AvgIpc) is 2.56. The van der Waals surface area contributed by atoms with Gasteiger partial charge in [-0.2, -0.15) is 0 Å². The summed E-state index contributed by atoms with van der Waals surface area (Å²) in [5.74, 6) is -1.03. The molecule has 1 aromatic carbocycles. The fourth-order valence-electron chi connectivity index (χ4n) is 2.53. The van der Waals surface area contributed by atoms with Gasteiger partial charge < -0.3 is 14.7 Å². The molecule has 1 heterocycles. The van der Waals surface area contributed by atoms with Crippen molar-refractivity contribution in [3.8, 4) is 0 Å². The van der Waals surface area contributed by atoms with Crippen LogP contribution in [0, 0.1) is 0 Å². The smallest absolute Gasteiger partial charge is 0.316 e. The van der Waals surface area contributed by atoms with E-state index in [-0.39, 0.29) is 5.91 Å². The van der Waals surface area contributed by atoms with Gasteiger partial charge in [0.2, 0.25) is 5.91 Å². The van der Waals surface area contributed by atoms with E-state index in [1.165, 1.54) is 16.7 Å². The van der Waals surface area contributed by atoms with Gasteiger partial charge in [-0.05, 0) is 19.1 Å². The first-order valence-corrected chi connectivity index (χ1v) is 7.46. The second kappa shape index (κ2) is 7.06. The lowest BCUT2D eigenvalue weighted by Gasteiger charge is -2.34. The van der Waals surface area contributed by atoms with Crippen molar-refractivity contribution in [1.82, 2.24) is 9.80 Å². The topological polar surface area (TPSA) is 60.9 Å². The van der Waals surface area contributed by atoms with Gasteiger partial charge in [0.05, 0.1) is 0 Å². The molecule has 0 spiro atoms. The largest absolute Gasteiger partial charge is 0.339 e. The van der Waals surface area contributed by atoms with E-state index >= 15 is 0 Å². The summed E-state index contributed by atoms with van der Waals surface area (Å²) in [5, 5.41) is 0. The third-order valence-electron chi connectivity index (χ3n) is 3.82. The van der Waals surface area contributed by atoms with E-state index < -0.39 is 11.8 Å². The standard InChI is InChI=1S/C16H21N3O3/c1-3-19(14-7-5-4-6-8-14)16(22)15(21)18-11-9-17(10-12-18)13(2)20/h4-8H,3,9-12H2,1-2H3. The maximum atomic E-state index is 12.4. The second-order valence-corrected chi connectivity index (χ2v) is 5.18. The van der Waals surface area contributed by atoms with Crippen molar-refractivity contribution in [2.24, 2.45) is 0 Å². The van der Waals surface area contributed by atoms with Crippen LogP contribution in [0.25, 0.3) is 0 Å². The molecule has 0 aliphatic carbocycles. The molecule has 22 heavy (non-hydrogen) atoms. The van der Waals surface area contributed by atoms with Gasteiger partial charge in [0, 0.05) is 45.3 Å². The Kier molecular flexibility index (Phi) is 5.14. The maximum absolute atomic E-state index is 12.4. The second-order valence-electron chi connectivity index (χ2n) is 5.18. The van der Waals surface area contributed by atoms with Crippen LogP contribution >= 0.6 is 0 Å². The zero-order chi connectivity index (χ0) is 16.1. The molecule has 1 aliphatic heterocycles. The lowest BCUT2D eigenvalue weighted by Crippen LogP contribution is -2.54. The lowest BCUT2D eigenvalue weighted by atomic mass is 10.2. The maximum Gasteiger partial charge on any atom is 0.316 e. The predicted molar refractivity (Wildman–Crippen MR) is 83.3 cm³/mol. The number of carbonyl (C=O) groups excluding carboxylic acids is 3. The van der Waals surface area contributed by atoms with E-state index in [0.717, 1.165) is 0 Å². The third-order valence-corrected chi connectivity index (χ3v) is 3.82. The molecule has 1 saturated heterocycles. The highest BCUT2D eigenvalue weighted by molar-refractivity contribution is 6.40. The summed E-state index contributed by atoms with van der Waals surface area (Å²) in [7, 11) is 0. The Morgan fingerprint density at radius 3 is 2.05 bits per heavy atom. The quantitative estimate of drug-likeness (QED) is 0.757. The number of hydrogen-bond donors (Lipinski definition) is 0. The molecular weight excluding hydrogens is 282 g/mol.